The third kappa shape index (κ3) is 2.84. The zero-order valence-electron chi connectivity index (χ0n) is 11.3. The minimum absolute atomic E-state index is 0.201. The maximum Gasteiger partial charge on any atom is 0.322 e. The number of nitrogens with one attached hydrogen (secondary N) is 1. The first-order chi connectivity index (χ1) is 10.0. The summed E-state index contributed by atoms with van der Waals surface area (Å²) in [4.78, 5) is 13.9. The Kier molecular flexibility index (Phi) is 3.78. The van der Waals surface area contributed by atoms with Crippen LogP contribution in [0.3, 0.4) is 0 Å². The van der Waals surface area contributed by atoms with Crippen molar-refractivity contribution in [1.29, 1.82) is 0 Å². The molecule has 0 unspecified atom stereocenters. The number of aromatic nitrogens is 1. The van der Waals surface area contributed by atoms with Gasteiger partial charge in [-0.3, -0.25) is 0 Å². The third-order valence-electron chi connectivity index (χ3n) is 3.49. The van der Waals surface area contributed by atoms with Gasteiger partial charge >= 0.3 is 6.03 Å². The van der Waals surface area contributed by atoms with Gasteiger partial charge in [-0.2, -0.15) is 0 Å². The molecule has 3 rings (SSSR count). The second-order valence-electron chi connectivity index (χ2n) is 4.90. The maximum atomic E-state index is 12.3. The first-order valence-electron chi connectivity index (χ1n) is 6.49. The molecule has 0 atom stereocenters. The lowest BCUT2D eigenvalue weighted by atomic mass is 10.1. The lowest BCUT2D eigenvalue weighted by Crippen LogP contribution is -2.38. The van der Waals surface area contributed by atoms with Crippen molar-refractivity contribution in [1.82, 2.24) is 10.1 Å². The van der Waals surface area contributed by atoms with Crippen molar-refractivity contribution in [2.24, 2.45) is 0 Å². The van der Waals surface area contributed by atoms with E-state index in [9.17, 15) is 4.79 Å². The zero-order chi connectivity index (χ0) is 15.0. The van der Waals surface area contributed by atoms with Gasteiger partial charge in [0, 0.05) is 17.8 Å². The van der Waals surface area contributed by atoms with Gasteiger partial charge < -0.3 is 14.7 Å². The molecule has 5 nitrogen and oxygen atoms in total. The molecule has 0 aliphatic carbocycles. The quantitative estimate of drug-likeness (QED) is 0.865. The summed E-state index contributed by atoms with van der Waals surface area (Å²) < 4.78 is 5.24. The molecule has 0 saturated heterocycles. The van der Waals surface area contributed by atoms with Gasteiger partial charge in [0.25, 0.3) is 0 Å². The van der Waals surface area contributed by atoms with E-state index < -0.39 is 0 Å². The lowest BCUT2D eigenvalue weighted by molar-refractivity contribution is 0.196. The van der Waals surface area contributed by atoms with Gasteiger partial charge in [-0.1, -0.05) is 28.4 Å². The Balaban J connectivity index is 1.70. The second-order valence-corrected chi connectivity index (χ2v) is 5.71. The van der Waals surface area contributed by atoms with Crippen molar-refractivity contribution >= 4 is 34.9 Å². The van der Waals surface area contributed by atoms with Crippen LogP contribution < -0.4 is 5.32 Å². The number of halogens is 2. The molecule has 0 spiro atoms. The molecular weight excluding hydrogens is 313 g/mol. The van der Waals surface area contributed by atoms with Crippen LogP contribution in [0.2, 0.25) is 10.0 Å². The van der Waals surface area contributed by atoms with Gasteiger partial charge in [-0.05, 0) is 31.5 Å². The van der Waals surface area contributed by atoms with E-state index in [1.807, 2.05) is 6.92 Å². The van der Waals surface area contributed by atoms with E-state index in [4.69, 9.17) is 27.7 Å². The van der Waals surface area contributed by atoms with Gasteiger partial charge in [0.1, 0.15) is 0 Å². The topological polar surface area (TPSA) is 58.4 Å². The van der Waals surface area contributed by atoms with Crippen molar-refractivity contribution < 1.29 is 9.32 Å². The fourth-order valence-corrected chi connectivity index (χ4v) is 2.63. The Morgan fingerprint density at radius 1 is 1.38 bits per heavy atom. The smallest absolute Gasteiger partial charge is 0.322 e. The summed E-state index contributed by atoms with van der Waals surface area (Å²) in [5, 5.41) is 7.59. The van der Waals surface area contributed by atoms with Gasteiger partial charge in [-0.25, -0.2) is 4.79 Å². The molecule has 1 N–H and O–H groups in total. The average Bonchev–Trinajstić information content (AvgIpc) is 2.84. The van der Waals surface area contributed by atoms with Crippen LogP contribution in [-0.4, -0.2) is 22.6 Å². The van der Waals surface area contributed by atoms with Crippen LogP contribution in [0.5, 0.6) is 0 Å². The lowest BCUT2D eigenvalue weighted by Gasteiger charge is -2.25. The fraction of sp³-hybridized carbons (Fsp3) is 0.286. The number of fused-ring (bicyclic) bond motifs is 1. The van der Waals surface area contributed by atoms with Crippen molar-refractivity contribution in [3.05, 3.63) is 45.3 Å². The molecule has 2 heterocycles. The Morgan fingerprint density at radius 2 is 2.19 bits per heavy atom. The van der Waals surface area contributed by atoms with E-state index in [1.165, 1.54) is 0 Å². The van der Waals surface area contributed by atoms with E-state index in [1.54, 1.807) is 23.1 Å². The van der Waals surface area contributed by atoms with E-state index in [-0.39, 0.29) is 6.03 Å². The predicted molar refractivity (Wildman–Crippen MR) is 80.8 cm³/mol. The van der Waals surface area contributed by atoms with Crippen LogP contribution in [0, 0.1) is 6.92 Å². The Bertz CT molecular complexity index is 700. The summed E-state index contributed by atoms with van der Waals surface area (Å²) in [5.41, 5.74) is 2.61. The molecule has 7 heteroatoms. The maximum absolute atomic E-state index is 12.3. The van der Waals surface area contributed by atoms with Crippen LogP contribution in [0.1, 0.15) is 17.0 Å². The number of carbonyl (C=O) groups is 1. The van der Waals surface area contributed by atoms with Crippen molar-refractivity contribution in [2.45, 2.75) is 19.9 Å². The Hall–Kier alpha value is -1.72. The normalized spacial score (nSPS) is 14.0. The molecule has 1 aliphatic heterocycles. The first-order valence-corrected chi connectivity index (χ1v) is 7.25. The molecular formula is C14H13Cl2N3O2. The highest BCUT2D eigenvalue weighted by Crippen LogP contribution is 2.26. The molecule has 1 aromatic carbocycles. The highest BCUT2D eigenvalue weighted by atomic mass is 35.5. The van der Waals surface area contributed by atoms with Crippen molar-refractivity contribution in [2.75, 3.05) is 11.9 Å². The highest BCUT2D eigenvalue weighted by Gasteiger charge is 2.25. The average molecular weight is 326 g/mol. The molecule has 110 valence electrons. The molecule has 0 saturated carbocycles. The molecule has 0 radical (unpaired) electrons. The van der Waals surface area contributed by atoms with E-state index in [0.717, 1.165) is 23.4 Å². The number of hydrogen-bond donors (Lipinski definition) is 1. The Morgan fingerprint density at radius 3 is 2.95 bits per heavy atom. The van der Waals surface area contributed by atoms with Crippen LogP contribution in [-0.2, 0) is 13.0 Å². The van der Waals surface area contributed by atoms with Crippen LogP contribution >= 0.6 is 23.2 Å². The van der Waals surface area contributed by atoms with Gasteiger partial charge in [-0.15, -0.1) is 0 Å². The number of aryl methyl sites for hydroxylation is 1. The molecule has 1 aromatic heterocycles. The summed E-state index contributed by atoms with van der Waals surface area (Å²) in [6.45, 7) is 2.96. The van der Waals surface area contributed by atoms with E-state index in [0.29, 0.717) is 28.8 Å². The van der Waals surface area contributed by atoms with Crippen LogP contribution in [0.4, 0.5) is 10.5 Å². The molecule has 0 fully saturated rings. The van der Waals surface area contributed by atoms with E-state index >= 15 is 0 Å². The number of benzene rings is 1. The number of hydrogen-bond acceptors (Lipinski definition) is 3. The largest absolute Gasteiger partial charge is 0.359 e. The van der Waals surface area contributed by atoms with Crippen LogP contribution in [0.25, 0.3) is 0 Å². The van der Waals surface area contributed by atoms with Gasteiger partial charge in [0.05, 0.1) is 22.3 Å². The summed E-state index contributed by atoms with van der Waals surface area (Å²) in [6, 6.07) is 4.77. The number of amides is 2. The third-order valence-corrected chi connectivity index (χ3v) is 4.23. The monoisotopic (exact) mass is 325 g/mol. The zero-order valence-corrected chi connectivity index (χ0v) is 12.8. The van der Waals surface area contributed by atoms with Crippen molar-refractivity contribution in [3.63, 3.8) is 0 Å². The number of urea groups is 1. The summed E-state index contributed by atoms with van der Waals surface area (Å²) in [6.07, 6.45) is 0.749. The molecule has 0 bridgehead atoms. The molecule has 2 amide bonds. The molecule has 21 heavy (non-hydrogen) atoms. The standard InChI is InChI=1S/C14H13Cl2N3O2/c1-8-10-4-5-19(7-13(10)21-18-8)14(20)17-9-2-3-11(15)12(16)6-9/h2-3,6H,4-5,7H2,1H3,(H,17,20). The second kappa shape index (κ2) is 5.58. The molecule has 1 aliphatic rings. The fourth-order valence-electron chi connectivity index (χ4n) is 2.33. The minimum atomic E-state index is -0.201. The first kappa shape index (κ1) is 14.2. The van der Waals surface area contributed by atoms with E-state index in [2.05, 4.69) is 10.5 Å². The Labute approximate surface area is 131 Å². The van der Waals surface area contributed by atoms with Gasteiger partial charge in [0.15, 0.2) is 5.76 Å². The number of carbonyl (C=O) groups excluding carboxylic acids is 1. The minimum Gasteiger partial charge on any atom is -0.359 e. The summed E-state index contributed by atoms with van der Waals surface area (Å²) in [7, 11) is 0. The highest BCUT2D eigenvalue weighted by molar-refractivity contribution is 6.42. The number of nitrogens with zero attached hydrogens (tertiary/aromatic N) is 2. The van der Waals surface area contributed by atoms with Crippen LogP contribution in [0.15, 0.2) is 22.7 Å². The number of rotatable bonds is 1. The summed E-state index contributed by atoms with van der Waals surface area (Å²) in [5.74, 6) is 0.753. The van der Waals surface area contributed by atoms with Gasteiger partial charge in [0.2, 0.25) is 0 Å². The molecule has 2 aromatic rings. The predicted octanol–water partition coefficient (Wildman–Crippen LogP) is 3.88. The number of anilines is 1. The summed E-state index contributed by atoms with van der Waals surface area (Å²) >= 11 is 11.8. The van der Waals surface area contributed by atoms with Crippen molar-refractivity contribution in [3.8, 4) is 0 Å². The SMILES string of the molecule is Cc1noc2c1CCN(C(=O)Nc1ccc(Cl)c(Cl)c1)C2.